The number of nitrogens with one attached hydrogen (secondary N) is 1. The second kappa shape index (κ2) is 5.23. The van der Waals surface area contributed by atoms with E-state index in [1.807, 2.05) is 13.8 Å². The molecule has 0 saturated heterocycles. The van der Waals surface area contributed by atoms with Gasteiger partial charge in [-0.05, 0) is 6.42 Å². The Morgan fingerprint density at radius 2 is 2.30 bits per heavy atom. The highest BCUT2D eigenvalue weighted by Gasteiger charge is 2.07. The molecule has 10 heavy (non-hydrogen) atoms. The Bertz CT molecular complexity index is 104. The fraction of sp³-hybridized carbons (Fsp3) is 0.857. The summed E-state index contributed by atoms with van der Waals surface area (Å²) < 4.78 is 0. The van der Waals surface area contributed by atoms with Crippen LogP contribution in [0.25, 0.3) is 0 Å². The van der Waals surface area contributed by atoms with E-state index in [2.05, 4.69) is 5.32 Å². The molecule has 0 spiro atoms. The zero-order chi connectivity index (χ0) is 7.98. The molecule has 3 heteroatoms. The third kappa shape index (κ3) is 3.45. The van der Waals surface area contributed by atoms with Gasteiger partial charge in [-0.15, -0.1) is 0 Å². The minimum Gasteiger partial charge on any atom is -0.395 e. The molecule has 0 unspecified atom stereocenters. The van der Waals surface area contributed by atoms with E-state index in [1.165, 1.54) is 0 Å². The fourth-order valence-electron chi connectivity index (χ4n) is 0.539. The number of hydrogen-bond donors (Lipinski definition) is 2. The van der Waals surface area contributed by atoms with Crippen LogP contribution in [0, 0.1) is 5.92 Å². The summed E-state index contributed by atoms with van der Waals surface area (Å²) in [5.74, 6) is 0.0862. The van der Waals surface area contributed by atoms with Crippen molar-refractivity contribution in [1.82, 2.24) is 5.32 Å². The summed E-state index contributed by atoms with van der Waals surface area (Å²) in [6, 6.07) is 0. The van der Waals surface area contributed by atoms with Crippen LogP contribution in [-0.2, 0) is 4.79 Å². The van der Waals surface area contributed by atoms with E-state index in [0.717, 1.165) is 6.42 Å². The number of rotatable bonds is 4. The molecule has 2 N–H and O–H groups in total. The van der Waals surface area contributed by atoms with E-state index in [0.29, 0.717) is 6.54 Å². The summed E-state index contributed by atoms with van der Waals surface area (Å²) in [5.41, 5.74) is 0. The van der Waals surface area contributed by atoms with Crippen molar-refractivity contribution in [3.05, 3.63) is 0 Å². The van der Waals surface area contributed by atoms with Gasteiger partial charge in [-0.2, -0.15) is 0 Å². The van der Waals surface area contributed by atoms with Crippen molar-refractivity contribution in [2.75, 3.05) is 13.2 Å². The summed E-state index contributed by atoms with van der Waals surface area (Å²) in [7, 11) is 0. The lowest BCUT2D eigenvalue weighted by atomic mass is 10.1. The van der Waals surface area contributed by atoms with E-state index < -0.39 is 0 Å². The van der Waals surface area contributed by atoms with Crippen molar-refractivity contribution in [2.45, 2.75) is 20.3 Å². The predicted molar refractivity (Wildman–Crippen MR) is 39.6 cm³/mol. The average Bonchev–Trinajstić information content (AvgIpc) is 1.98. The quantitative estimate of drug-likeness (QED) is 0.591. The second-order valence-electron chi connectivity index (χ2n) is 2.32. The summed E-state index contributed by atoms with van der Waals surface area (Å²) in [6.45, 7) is 4.21. The lowest BCUT2D eigenvalue weighted by molar-refractivity contribution is -0.124. The number of aliphatic hydroxyl groups excluding tert-OH is 1. The van der Waals surface area contributed by atoms with Crippen LogP contribution in [0.15, 0.2) is 0 Å². The molecule has 0 heterocycles. The minimum absolute atomic E-state index is 0.0160. The van der Waals surface area contributed by atoms with Gasteiger partial charge in [0.1, 0.15) is 0 Å². The summed E-state index contributed by atoms with van der Waals surface area (Å²) in [5, 5.41) is 10.9. The van der Waals surface area contributed by atoms with Gasteiger partial charge < -0.3 is 10.4 Å². The summed E-state index contributed by atoms with van der Waals surface area (Å²) in [6.07, 6.45) is 0.845. The Morgan fingerprint density at radius 1 is 1.70 bits per heavy atom. The molecule has 0 saturated carbocycles. The van der Waals surface area contributed by atoms with Crippen LogP contribution in [0.3, 0.4) is 0 Å². The van der Waals surface area contributed by atoms with Gasteiger partial charge in [-0.1, -0.05) is 13.8 Å². The Hall–Kier alpha value is -0.570. The SMILES string of the molecule is CC[C@@H](C)C(=O)NCCO. The molecule has 0 aromatic rings. The Kier molecular flexibility index (Phi) is 4.94. The highest BCUT2D eigenvalue weighted by Crippen LogP contribution is 1.98. The number of carbonyl (C=O) groups excluding carboxylic acids is 1. The molecule has 0 fully saturated rings. The third-order valence-electron chi connectivity index (χ3n) is 1.47. The van der Waals surface area contributed by atoms with Gasteiger partial charge in [0.15, 0.2) is 0 Å². The van der Waals surface area contributed by atoms with Gasteiger partial charge >= 0.3 is 0 Å². The van der Waals surface area contributed by atoms with Crippen LogP contribution in [0.5, 0.6) is 0 Å². The lowest BCUT2D eigenvalue weighted by Gasteiger charge is -2.07. The average molecular weight is 145 g/mol. The van der Waals surface area contributed by atoms with Crippen molar-refractivity contribution < 1.29 is 9.90 Å². The molecular formula is C7H15NO2. The molecule has 1 atom stereocenters. The largest absolute Gasteiger partial charge is 0.395 e. The van der Waals surface area contributed by atoms with Crippen molar-refractivity contribution in [1.29, 1.82) is 0 Å². The van der Waals surface area contributed by atoms with E-state index in [4.69, 9.17) is 5.11 Å². The molecule has 60 valence electrons. The van der Waals surface area contributed by atoms with E-state index in [9.17, 15) is 4.79 Å². The maximum atomic E-state index is 10.9. The first-order valence-corrected chi connectivity index (χ1v) is 3.61. The van der Waals surface area contributed by atoms with Gasteiger partial charge in [0, 0.05) is 12.5 Å². The number of carbonyl (C=O) groups is 1. The Balaban J connectivity index is 3.42. The van der Waals surface area contributed by atoms with Gasteiger partial charge in [0.2, 0.25) is 5.91 Å². The molecular weight excluding hydrogens is 130 g/mol. The van der Waals surface area contributed by atoms with Gasteiger partial charge in [-0.3, -0.25) is 4.79 Å². The van der Waals surface area contributed by atoms with Crippen LogP contribution in [0.1, 0.15) is 20.3 Å². The maximum absolute atomic E-state index is 10.9. The van der Waals surface area contributed by atoms with E-state index in [1.54, 1.807) is 0 Å². The van der Waals surface area contributed by atoms with Crippen molar-refractivity contribution in [3.63, 3.8) is 0 Å². The molecule has 0 rings (SSSR count). The minimum atomic E-state index is 0.0160. The number of hydrogen-bond acceptors (Lipinski definition) is 2. The number of amides is 1. The van der Waals surface area contributed by atoms with Crippen molar-refractivity contribution in [2.24, 2.45) is 5.92 Å². The summed E-state index contributed by atoms with van der Waals surface area (Å²) >= 11 is 0. The fourth-order valence-corrected chi connectivity index (χ4v) is 0.539. The predicted octanol–water partition coefficient (Wildman–Crippen LogP) is 0.141. The van der Waals surface area contributed by atoms with E-state index >= 15 is 0 Å². The molecule has 0 radical (unpaired) electrons. The molecule has 0 aliphatic heterocycles. The molecule has 0 aliphatic carbocycles. The van der Waals surface area contributed by atoms with Crippen LogP contribution >= 0.6 is 0 Å². The van der Waals surface area contributed by atoms with E-state index in [-0.39, 0.29) is 18.4 Å². The van der Waals surface area contributed by atoms with Gasteiger partial charge in [-0.25, -0.2) is 0 Å². The third-order valence-corrected chi connectivity index (χ3v) is 1.47. The summed E-state index contributed by atoms with van der Waals surface area (Å²) in [4.78, 5) is 10.9. The molecule has 0 aliphatic rings. The normalized spacial score (nSPS) is 12.7. The molecule has 0 aromatic carbocycles. The zero-order valence-corrected chi connectivity index (χ0v) is 6.55. The maximum Gasteiger partial charge on any atom is 0.222 e. The number of aliphatic hydroxyl groups is 1. The molecule has 3 nitrogen and oxygen atoms in total. The first-order chi connectivity index (χ1) is 4.72. The highest BCUT2D eigenvalue weighted by molar-refractivity contribution is 5.78. The van der Waals surface area contributed by atoms with Crippen LogP contribution in [0.4, 0.5) is 0 Å². The molecule has 1 amide bonds. The van der Waals surface area contributed by atoms with Crippen molar-refractivity contribution >= 4 is 5.91 Å². The Morgan fingerprint density at radius 3 is 2.70 bits per heavy atom. The molecule has 0 bridgehead atoms. The first kappa shape index (κ1) is 9.43. The Labute approximate surface area is 61.4 Å². The topological polar surface area (TPSA) is 49.3 Å². The molecule has 0 aromatic heterocycles. The van der Waals surface area contributed by atoms with Gasteiger partial charge in [0.05, 0.1) is 6.61 Å². The second-order valence-corrected chi connectivity index (χ2v) is 2.32. The highest BCUT2D eigenvalue weighted by atomic mass is 16.3. The monoisotopic (exact) mass is 145 g/mol. The van der Waals surface area contributed by atoms with Crippen LogP contribution in [-0.4, -0.2) is 24.2 Å². The zero-order valence-electron chi connectivity index (χ0n) is 6.55. The smallest absolute Gasteiger partial charge is 0.222 e. The van der Waals surface area contributed by atoms with Gasteiger partial charge in [0.25, 0.3) is 0 Å². The van der Waals surface area contributed by atoms with Crippen LogP contribution < -0.4 is 5.32 Å². The van der Waals surface area contributed by atoms with Crippen molar-refractivity contribution in [3.8, 4) is 0 Å². The lowest BCUT2D eigenvalue weighted by Crippen LogP contribution is -2.31. The van der Waals surface area contributed by atoms with Crippen LogP contribution in [0.2, 0.25) is 0 Å². The first-order valence-electron chi connectivity index (χ1n) is 3.61. The standard InChI is InChI=1S/C7H15NO2/c1-3-6(2)7(10)8-4-5-9/h6,9H,3-5H2,1-2H3,(H,8,10)/t6-/m1/s1.